The summed E-state index contributed by atoms with van der Waals surface area (Å²) in [5.41, 5.74) is 6.23. The molecule has 0 saturated heterocycles. The Bertz CT molecular complexity index is 1500. The molecule has 1 heterocycles. The molecule has 0 aromatic heterocycles. The van der Waals surface area contributed by atoms with Crippen molar-refractivity contribution in [1.82, 2.24) is 0 Å². The average Bonchev–Trinajstić information content (AvgIpc) is 2.93. The highest BCUT2D eigenvalue weighted by Crippen LogP contribution is 2.38. The van der Waals surface area contributed by atoms with Gasteiger partial charge in [0.1, 0.15) is 23.9 Å². The molecule has 7 nitrogen and oxygen atoms in total. The largest absolute Gasteiger partial charge is 0.494 e. The maximum absolute atomic E-state index is 14.8. The summed E-state index contributed by atoms with van der Waals surface area (Å²) in [7, 11) is -1.77. The number of carbonyl (C=O) groups is 1. The number of esters is 1. The van der Waals surface area contributed by atoms with Crippen LogP contribution in [0, 0.1) is 19.7 Å². The summed E-state index contributed by atoms with van der Waals surface area (Å²) >= 11 is 0. The Morgan fingerprint density at radius 1 is 1.12 bits per heavy atom. The lowest BCUT2D eigenvalue weighted by molar-refractivity contribution is -0.140. The Labute approximate surface area is 241 Å². The minimum atomic E-state index is -3.08. The van der Waals surface area contributed by atoms with Crippen LogP contribution in [0.5, 0.6) is 11.5 Å². The van der Waals surface area contributed by atoms with Crippen LogP contribution in [0.2, 0.25) is 0 Å². The molecule has 220 valence electrons. The van der Waals surface area contributed by atoms with E-state index < -0.39 is 15.7 Å². The molecule has 0 fully saturated rings. The van der Waals surface area contributed by atoms with Crippen molar-refractivity contribution in [3.05, 3.63) is 76.6 Å². The molecule has 0 amide bonds. The second-order valence-electron chi connectivity index (χ2n) is 10.7. The SMILES string of the molecule is COC(=O)CCc1cc2c(cc1F)NC(c1cccc(-c3c(C)cc(OCCCS(=O)(=O)C(C)C)cc3C)c1)CO2. The van der Waals surface area contributed by atoms with E-state index >= 15 is 0 Å². The van der Waals surface area contributed by atoms with Gasteiger partial charge in [-0.2, -0.15) is 0 Å². The van der Waals surface area contributed by atoms with Crippen molar-refractivity contribution in [1.29, 1.82) is 0 Å². The van der Waals surface area contributed by atoms with Crippen molar-refractivity contribution in [3.8, 4) is 22.6 Å². The van der Waals surface area contributed by atoms with Gasteiger partial charge in [-0.1, -0.05) is 18.2 Å². The highest BCUT2D eigenvalue weighted by atomic mass is 32.2. The zero-order chi connectivity index (χ0) is 29.7. The van der Waals surface area contributed by atoms with E-state index in [0.717, 1.165) is 27.8 Å². The summed E-state index contributed by atoms with van der Waals surface area (Å²) in [6.07, 6.45) is 0.785. The van der Waals surface area contributed by atoms with E-state index in [2.05, 4.69) is 22.2 Å². The number of sulfone groups is 1. The minimum Gasteiger partial charge on any atom is -0.494 e. The van der Waals surface area contributed by atoms with Crippen LogP contribution in [0.3, 0.4) is 0 Å². The topological polar surface area (TPSA) is 90.9 Å². The van der Waals surface area contributed by atoms with E-state index in [0.29, 0.717) is 42.4 Å². The van der Waals surface area contributed by atoms with Gasteiger partial charge >= 0.3 is 5.97 Å². The minimum absolute atomic E-state index is 0.101. The predicted octanol–water partition coefficient (Wildman–Crippen LogP) is 6.35. The summed E-state index contributed by atoms with van der Waals surface area (Å²) in [4.78, 5) is 11.5. The van der Waals surface area contributed by atoms with Gasteiger partial charge in [-0.3, -0.25) is 4.79 Å². The first-order chi connectivity index (χ1) is 19.5. The number of anilines is 1. The van der Waals surface area contributed by atoms with Crippen LogP contribution in [0.15, 0.2) is 48.5 Å². The molecule has 1 N–H and O–H groups in total. The highest BCUT2D eigenvalue weighted by Gasteiger charge is 2.23. The fourth-order valence-corrected chi connectivity index (χ4v) is 5.99. The molecular weight excluding hydrogens is 545 g/mol. The first-order valence-corrected chi connectivity index (χ1v) is 15.5. The number of ether oxygens (including phenoxy) is 3. The molecule has 0 aliphatic carbocycles. The summed E-state index contributed by atoms with van der Waals surface area (Å²) in [6, 6.07) is 15.0. The number of hydrogen-bond donors (Lipinski definition) is 1. The zero-order valence-corrected chi connectivity index (χ0v) is 25.1. The Morgan fingerprint density at radius 2 is 1.85 bits per heavy atom. The van der Waals surface area contributed by atoms with Crippen molar-refractivity contribution in [2.24, 2.45) is 0 Å². The average molecular weight is 584 g/mol. The third kappa shape index (κ3) is 7.38. The van der Waals surface area contributed by atoms with Gasteiger partial charge < -0.3 is 19.5 Å². The molecule has 3 aromatic carbocycles. The standard InChI is InChI=1S/C32H38FNO6S/c1-20(2)41(36,37)13-7-12-39-26-14-21(3)32(22(4)15-26)25-9-6-8-24(16-25)29-19-40-30-17-23(10-11-31(35)38-5)27(33)18-28(30)34-29/h6,8-9,14-18,20,29,34H,7,10-13,19H2,1-5H3. The predicted molar refractivity (Wildman–Crippen MR) is 159 cm³/mol. The molecule has 9 heteroatoms. The number of nitrogens with one attached hydrogen (secondary N) is 1. The van der Waals surface area contributed by atoms with Gasteiger partial charge in [0, 0.05) is 12.5 Å². The first kappa shape index (κ1) is 30.4. The molecular formula is C32H38FNO6S. The third-order valence-corrected chi connectivity index (χ3v) is 9.65. The highest BCUT2D eigenvalue weighted by molar-refractivity contribution is 7.91. The smallest absolute Gasteiger partial charge is 0.305 e. The molecule has 1 aliphatic rings. The number of rotatable bonds is 11. The lowest BCUT2D eigenvalue weighted by Crippen LogP contribution is -2.24. The van der Waals surface area contributed by atoms with E-state index in [1.54, 1.807) is 19.9 Å². The van der Waals surface area contributed by atoms with Crippen molar-refractivity contribution in [3.63, 3.8) is 0 Å². The van der Waals surface area contributed by atoms with Gasteiger partial charge in [0.2, 0.25) is 0 Å². The second-order valence-corrected chi connectivity index (χ2v) is 13.4. The molecule has 0 bridgehead atoms. The number of aryl methyl sites for hydroxylation is 3. The number of methoxy groups -OCH3 is 1. The number of halogens is 1. The lowest BCUT2D eigenvalue weighted by Gasteiger charge is -2.29. The van der Waals surface area contributed by atoms with Crippen LogP contribution in [-0.4, -0.2) is 45.7 Å². The Balaban J connectivity index is 1.46. The summed E-state index contributed by atoms with van der Waals surface area (Å²) in [5.74, 6) is 0.605. The summed E-state index contributed by atoms with van der Waals surface area (Å²) in [6.45, 7) is 8.16. The van der Waals surface area contributed by atoms with Crippen molar-refractivity contribution >= 4 is 21.5 Å². The fraction of sp³-hybridized carbons (Fsp3) is 0.406. The van der Waals surface area contributed by atoms with Crippen molar-refractivity contribution in [2.75, 3.05) is 31.4 Å². The molecule has 4 rings (SSSR count). The van der Waals surface area contributed by atoms with E-state index in [4.69, 9.17) is 9.47 Å². The van der Waals surface area contributed by atoms with E-state index in [1.807, 2.05) is 38.1 Å². The maximum atomic E-state index is 14.8. The maximum Gasteiger partial charge on any atom is 0.305 e. The lowest BCUT2D eigenvalue weighted by atomic mass is 9.92. The molecule has 1 atom stereocenters. The molecule has 3 aromatic rings. The van der Waals surface area contributed by atoms with Crippen LogP contribution in [-0.2, 0) is 25.8 Å². The first-order valence-electron chi connectivity index (χ1n) is 13.8. The molecule has 0 saturated carbocycles. The molecule has 41 heavy (non-hydrogen) atoms. The van der Waals surface area contributed by atoms with Crippen molar-refractivity contribution in [2.45, 2.75) is 58.2 Å². The van der Waals surface area contributed by atoms with Gasteiger partial charge in [0.25, 0.3) is 0 Å². The molecule has 0 radical (unpaired) electrons. The van der Waals surface area contributed by atoms with E-state index in [-0.39, 0.29) is 35.9 Å². The van der Waals surface area contributed by atoms with Crippen LogP contribution in [0.1, 0.15) is 55.0 Å². The summed E-state index contributed by atoms with van der Waals surface area (Å²) < 4.78 is 55.4. The molecule has 1 aliphatic heterocycles. The van der Waals surface area contributed by atoms with Crippen LogP contribution in [0.25, 0.3) is 11.1 Å². The number of hydrogen-bond acceptors (Lipinski definition) is 7. The van der Waals surface area contributed by atoms with Crippen LogP contribution >= 0.6 is 0 Å². The normalized spacial score (nSPS) is 14.7. The van der Waals surface area contributed by atoms with Gasteiger partial charge in [0.05, 0.1) is 36.4 Å². The third-order valence-electron chi connectivity index (χ3n) is 7.35. The number of carbonyl (C=O) groups excluding carboxylic acids is 1. The monoisotopic (exact) mass is 583 g/mol. The Kier molecular flexibility index (Phi) is 9.58. The van der Waals surface area contributed by atoms with Crippen molar-refractivity contribution < 1.29 is 31.8 Å². The van der Waals surface area contributed by atoms with Gasteiger partial charge in [-0.25, -0.2) is 12.8 Å². The molecule has 1 unspecified atom stereocenters. The quantitative estimate of drug-likeness (QED) is 0.208. The zero-order valence-electron chi connectivity index (χ0n) is 24.3. The molecule has 0 spiro atoms. The Hall–Kier alpha value is -3.59. The Morgan fingerprint density at radius 3 is 2.54 bits per heavy atom. The number of fused-ring (bicyclic) bond motifs is 1. The van der Waals surface area contributed by atoms with Crippen LogP contribution in [0.4, 0.5) is 10.1 Å². The van der Waals surface area contributed by atoms with E-state index in [1.165, 1.54) is 13.2 Å². The van der Waals surface area contributed by atoms with Crippen LogP contribution < -0.4 is 14.8 Å². The second kappa shape index (κ2) is 12.9. The van der Waals surface area contributed by atoms with E-state index in [9.17, 15) is 17.6 Å². The fourth-order valence-electron chi connectivity index (χ4n) is 5.00. The summed E-state index contributed by atoms with van der Waals surface area (Å²) in [5, 5.41) is 3.02. The van der Waals surface area contributed by atoms with Gasteiger partial charge in [-0.05, 0) is 98.2 Å². The van der Waals surface area contributed by atoms with Gasteiger partial charge in [0.15, 0.2) is 9.84 Å². The van der Waals surface area contributed by atoms with Gasteiger partial charge in [-0.15, -0.1) is 0 Å². The number of benzene rings is 3.